The highest BCUT2D eigenvalue weighted by Gasteiger charge is 2.40. The van der Waals surface area contributed by atoms with Gasteiger partial charge in [0, 0.05) is 11.4 Å². The van der Waals surface area contributed by atoms with Gasteiger partial charge in [-0.2, -0.15) is 0 Å². The molecule has 4 nitrogen and oxygen atoms in total. The number of anilines is 2. The molecule has 0 radical (unpaired) electrons. The van der Waals surface area contributed by atoms with Crippen LogP contribution in [0.2, 0.25) is 0 Å². The quantitative estimate of drug-likeness (QED) is 0.286. The normalized spacial score (nSPS) is 10.9. The van der Waals surface area contributed by atoms with Crippen molar-refractivity contribution in [3.8, 4) is 0 Å². The molecule has 4 rings (SSSR count). The van der Waals surface area contributed by atoms with Gasteiger partial charge >= 0.3 is 14.0 Å². The second-order valence-electron chi connectivity index (χ2n) is 8.86. The van der Waals surface area contributed by atoms with E-state index in [4.69, 9.17) is 0 Å². The van der Waals surface area contributed by atoms with Crippen LogP contribution in [0.4, 0.5) is 11.4 Å². The summed E-state index contributed by atoms with van der Waals surface area (Å²) < 4.78 is 0. The highest BCUT2D eigenvalue weighted by atomic mass is 15.6. The molecule has 0 bridgehead atoms. The lowest BCUT2D eigenvalue weighted by Gasteiger charge is -2.48. The second kappa shape index (κ2) is 11.1. The summed E-state index contributed by atoms with van der Waals surface area (Å²) in [4.78, 5) is 9.39. The predicted molar refractivity (Wildman–Crippen MR) is 149 cm³/mol. The molecule has 0 spiro atoms. The number of benzene rings is 4. The molecule has 0 unspecified atom stereocenters. The van der Waals surface area contributed by atoms with E-state index in [-0.39, 0.29) is 14.0 Å². The number of hydrogen-bond donors (Lipinski definition) is 0. The molecule has 0 N–H and O–H groups in total. The van der Waals surface area contributed by atoms with Crippen molar-refractivity contribution >= 4 is 36.3 Å². The van der Waals surface area contributed by atoms with Gasteiger partial charge in [0.1, 0.15) is 0 Å². The van der Waals surface area contributed by atoms with Gasteiger partial charge in [0.2, 0.25) is 0 Å². The van der Waals surface area contributed by atoms with E-state index in [0.717, 1.165) is 11.4 Å². The second-order valence-corrected chi connectivity index (χ2v) is 8.86. The Labute approximate surface area is 205 Å². The third-order valence-electron chi connectivity index (χ3n) is 5.91. The molecule has 0 aromatic heterocycles. The van der Waals surface area contributed by atoms with Gasteiger partial charge < -0.3 is 19.5 Å². The number of rotatable bonds is 9. The van der Waals surface area contributed by atoms with Crippen LogP contribution in [0.25, 0.3) is 0 Å². The lowest BCUT2D eigenvalue weighted by Crippen LogP contribution is -2.72. The summed E-state index contributed by atoms with van der Waals surface area (Å²) in [5, 5.41) is 0. The average Bonchev–Trinajstić information content (AvgIpc) is 2.87. The largest absolute Gasteiger partial charge is 0.397 e. The third-order valence-corrected chi connectivity index (χ3v) is 5.91. The van der Waals surface area contributed by atoms with Gasteiger partial charge in [0.15, 0.2) is 0 Å². The summed E-state index contributed by atoms with van der Waals surface area (Å²) >= 11 is 0. The minimum Gasteiger partial charge on any atom is -0.323 e. The van der Waals surface area contributed by atoms with Crippen molar-refractivity contribution in [2.45, 2.75) is 0 Å². The molecule has 6 heteroatoms. The molecule has 0 aliphatic heterocycles. The van der Waals surface area contributed by atoms with Crippen LogP contribution in [0.15, 0.2) is 121 Å². The summed E-state index contributed by atoms with van der Waals surface area (Å²) in [5.74, 6) is 0. The van der Waals surface area contributed by atoms with Gasteiger partial charge in [0.05, 0.1) is 0 Å². The molecule has 4 aromatic rings. The SMILES string of the molecule is CN(C)B(c1ccccc1)N(c1ccccc1)N(B(c1ccccc1)N(C)C)c1ccccc1. The van der Waals surface area contributed by atoms with Crippen molar-refractivity contribution in [2.75, 3.05) is 38.0 Å². The molecule has 0 fully saturated rings. The highest BCUT2D eigenvalue weighted by molar-refractivity contribution is 6.80. The Morgan fingerprint density at radius 2 is 0.647 bits per heavy atom. The van der Waals surface area contributed by atoms with E-state index in [1.165, 1.54) is 10.9 Å². The molecular formula is C28H32B2N4. The Morgan fingerprint density at radius 1 is 0.382 bits per heavy atom. The van der Waals surface area contributed by atoms with Gasteiger partial charge in [-0.25, -0.2) is 0 Å². The standard InChI is InChI=1S/C28H32B2N4/c1-31(2)29(25-17-9-5-10-18-25)33(27-21-13-7-14-22-27)34(28-23-15-8-16-24-28)30(32(3)4)26-19-11-6-12-20-26/h5-24H,1-4H3. The Hall–Kier alpha value is -3.47. The average molecular weight is 446 g/mol. The van der Waals surface area contributed by atoms with E-state index in [0.29, 0.717) is 0 Å². The molecular weight excluding hydrogens is 414 g/mol. The molecule has 170 valence electrons. The van der Waals surface area contributed by atoms with E-state index < -0.39 is 0 Å². The number of hydrogen-bond acceptors (Lipinski definition) is 4. The van der Waals surface area contributed by atoms with Crippen molar-refractivity contribution in [1.82, 2.24) is 9.62 Å². The molecule has 4 aromatic carbocycles. The van der Waals surface area contributed by atoms with E-state index in [1.54, 1.807) is 0 Å². The maximum atomic E-state index is 2.42. The topological polar surface area (TPSA) is 13.0 Å². The summed E-state index contributed by atoms with van der Waals surface area (Å²) in [6.45, 7) is -0.0649. The third kappa shape index (κ3) is 5.19. The van der Waals surface area contributed by atoms with E-state index in [9.17, 15) is 0 Å². The Morgan fingerprint density at radius 3 is 0.912 bits per heavy atom. The number of nitrogens with zero attached hydrogens (tertiary/aromatic N) is 4. The predicted octanol–water partition coefficient (Wildman–Crippen LogP) is 3.83. The summed E-state index contributed by atoms with van der Waals surface area (Å²) in [7, 11) is 8.57. The van der Waals surface area contributed by atoms with Crippen LogP contribution in [0.5, 0.6) is 0 Å². The summed E-state index contributed by atoms with van der Waals surface area (Å²) in [6, 6.07) is 42.7. The molecule has 0 amide bonds. The molecule has 34 heavy (non-hydrogen) atoms. The molecule has 0 saturated carbocycles. The van der Waals surface area contributed by atoms with E-state index in [2.05, 4.69) is 169 Å². The van der Waals surface area contributed by atoms with Crippen LogP contribution in [0.3, 0.4) is 0 Å². The minimum absolute atomic E-state index is 0.0324. The van der Waals surface area contributed by atoms with Crippen LogP contribution in [0.1, 0.15) is 0 Å². The summed E-state index contributed by atoms with van der Waals surface area (Å²) in [5.41, 5.74) is 4.69. The number of hydrazine groups is 1. The van der Waals surface area contributed by atoms with Gasteiger partial charge in [-0.15, -0.1) is 0 Å². The fraction of sp³-hybridized carbons (Fsp3) is 0.143. The Balaban J connectivity index is 1.99. The maximum Gasteiger partial charge on any atom is 0.397 e. The molecule has 0 heterocycles. The van der Waals surface area contributed by atoms with Gasteiger partial charge in [-0.05, 0) is 63.4 Å². The van der Waals surface area contributed by atoms with Crippen molar-refractivity contribution in [3.05, 3.63) is 121 Å². The van der Waals surface area contributed by atoms with Crippen molar-refractivity contribution in [2.24, 2.45) is 0 Å². The lowest BCUT2D eigenvalue weighted by atomic mass is 9.61. The van der Waals surface area contributed by atoms with Crippen molar-refractivity contribution < 1.29 is 0 Å². The first-order valence-electron chi connectivity index (χ1n) is 11.7. The molecule has 0 aliphatic rings. The van der Waals surface area contributed by atoms with Gasteiger partial charge in [-0.1, -0.05) is 97.1 Å². The number of para-hydroxylation sites is 2. The molecule has 0 atom stereocenters. The van der Waals surface area contributed by atoms with Crippen LogP contribution < -0.4 is 20.8 Å². The zero-order chi connectivity index (χ0) is 23.9. The zero-order valence-electron chi connectivity index (χ0n) is 20.5. The Bertz CT molecular complexity index is 1030. The van der Waals surface area contributed by atoms with Gasteiger partial charge in [-0.3, -0.25) is 0 Å². The van der Waals surface area contributed by atoms with E-state index >= 15 is 0 Å². The van der Waals surface area contributed by atoms with Crippen molar-refractivity contribution in [3.63, 3.8) is 0 Å². The first-order chi connectivity index (χ1) is 16.6. The van der Waals surface area contributed by atoms with Gasteiger partial charge in [0.25, 0.3) is 0 Å². The van der Waals surface area contributed by atoms with Crippen LogP contribution >= 0.6 is 0 Å². The van der Waals surface area contributed by atoms with E-state index in [1.807, 2.05) is 0 Å². The molecule has 0 saturated heterocycles. The first-order valence-corrected chi connectivity index (χ1v) is 11.7. The first kappa shape index (κ1) is 23.7. The molecule has 0 aliphatic carbocycles. The fourth-order valence-electron chi connectivity index (χ4n) is 4.49. The fourth-order valence-corrected chi connectivity index (χ4v) is 4.49. The smallest absolute Gasteiger partial charge is 0.323 e. The van der Waals surface area contributed by atoms with Crippen LogP contribution in [-0.4, -0.2) is 51.8 Å². The minimum atomic E-state index is -0.0324. The summed E-state index contributed by atoms with van der Waals surface area (Å²) in [6.07, 6.45) is 0. The lowest BCUT2D eigenvalue weighted by molar-refractivity contribution is 0.624. The van der Waals surface area contributed by atoms with Crippen LogP contribution in [0, 0.1) is 0 Å². The Kier molecular flexibility index (Phi) is 7.73. The van der Waals surface area contributed by atoms with Crippen LogP contribution in [-0.2, 0) is 0 Å². The highest BCUT2D eigenvalue weighted by Crippen LogP contribution is 2.26. The zero-order valence-corrected chi connectivity index (χ0v) is 20.5. The monoisotopic (exact) mass is 446 g/mol. The maximum absolute atomic E-state index is 2.42. The van der Waals surface area contributed by atoms with Crippen molar-refractivity contribution in [1.29, 1.82) is 0 Å².